The van der Waals surface area contributed by atoms with Gasteiger partial charge in [-0.2, -0.15) is 0 Å². The summed E-state index contributed by atoms with van der Waals surface area (Å²) >= 11 is 6.13. The summed E-state index contributed by atoms with van der Waals surface area (Å²) in [5.74, 6) is 0.650. The van der Waals surface area contributed by atoms with Crippen molar-refractivity contribution in [1.29, 1.82) is 0 Å². The number of benzene rings is 2. The molecule has 0 radical (unpaired) electrons. The zero-order chi connectivity index (χ0) is 15.0. The van der Waals surface area contributed by atoms with Crippen molar-refractivity contribution in [3.63, 3.8) is 0 Å². The van der Waals surface area contributed by atoms with Crippen LogP contribution in [0.3, 0.4) is 0 Å². The second kappa shape index (κ2) is 5.26. The SMILES string of the molecule is Cc1ccc(-c2c/c(=N/O)c3cc(Cl)c(C)cc3o2)cc1. The number of rotatable bonds is 1. The summed E-state index contributed by atoms with van der Waals surface area (Å²) in [6, 6.07) is 13.3. The van der Waals surface area contributed by atoms with E-state index in [4.69, 9.17) is 16.0 Å². The fourth-order valence-corrected chi connectivity index (χ4v) is 2.40. The summed E-state index contributed by atoms with van der Waals surface area (Å²) in [6.45, 7) is 3.94. The fraction of sp³-hybridized carbons (Fsp3) is 0.118. The molecule has 3 nitrogen and oxygen atoms in total. The normalized spacial score (nSPS) is 12.0. The minimum Gasteiger partial charge on any atom is -0.456 e. The highest BCUT2D eigenvalue weighted by atomic mass is 35.5. The molecule has 0 aliphatic rings. The van der Waals surface area contributed by atoms with Gasteiger partial charge in [0.25, 0.3) is 0 Å². The summed E-state index contributed by atoms with van der Waals surface area (Å²) in [6.07, 6.45) is 0. The lowest BCUT2D eigenvalue weighted by atomic mass is 10.1. The van der Waals surface area contributed by atoms with E-state index in [1.165, 1.54) is 5.56 Å². The molecule has 2 aromatic carbocycles. The lowest BCUT2D eigenvalue weighted by molar-refractivity contribution is 0.302. The Labute approximate surface area is 127 Å². The van der Waals surface area contributed by atoms with Gasteiger partial charge in [0.05, 0.1) is 0 Å². The van der Waals surface area contributed by atoms with Crippen molar-refractivity contribution in [2.24, 2.45) is 5.16 Å². The molecule has 0 amide bonds. The molecule has 1 heterocycles. The van der Waals surface area contributed by atoms with E-state index in [2.05, 4.69) is 5.16 Å². The van der Waals surface area contributed by atoms with Crippen LogP contribution in [0.15, 0.2) is 52.0 Å². The number of halogens is 1. The molecule has 0 spiro atoms. The van der Waals surface area contributed by atoms with Gasteiger partial charge in [-0.1, -0.05) is 46.6 Å². The van der Waals surface area contributed by atoms with Crippen LogP contribution in [-0.2, 0) is 0 Å². The highest BCUT2D eigenvalue weighted by Gasteiger charge is 2.08. The fourth-order valence-electron chi connectivity index (χ4n) is 2.23. The van der Waals surface area contributed by atoms with Gasteiger partial charge in [-0.25, -0.2) is 0 Å². The van der Waals surface area contributed by atoms with E-state index < -0.39 is 0 Å². The van der Waals surface area contributed by atoms with Crippen molar-refractivity contribution in [2.45, 2.75) is 13.8 Å². The van der Waals surface area contributed by atoms with Crippen LogP contribution in [-0.4, -0.2) is 5.21 Å². The Hall–Kier alpha value is -2.26. The maximum atomic E-state index is 9.25. The molecule has 3 rings (SSSR count). The third-order valence-electron chi connectivity index (χ3n) is 3.47. The minimum absolute atomic E-state index is 0.439. The second-order valence-electron chi connectivity index (χ2n) is 5.06. The lowest BCUT2D eigenvalue weighted by Crippen LogP contribution is -2.03. The van der Waals surface area contributed by atoms with Crippen molar-refractivity contribution in [3.8, 4) is 11.3 Å². The smallest absolute Gasteiger partial charge is 0.137 e. The van der Waals surface area contributed by atoms with E-state index in [1.807, 2.05) is 44.2 Å². The minimum atomic E-state index is 0.439. The summed E-state index contributed by atoms with van der Waals surface area (Å²) in [4.78, 5) is 0. The van der Waals surface area contributed by atoms with Gasteiger partial charge in [0.1, 0.15) is 16.7 Å². The van der Waals surface area contributed by atoms with Crippen LogP contribution in [0.25, 0.3) is 22.3 Å². The highest BCUT2D eigenvalue weighted by molar-refractivity contribution is 6.32. The molecule has 0 fully saturated rings. The van der Waals surface area contributed by atoms with Gasteiger partial charge in [0, 0.05) is 22.0 Å². The van der Waals surface area contributed by atoms with Crippen molar-refractivity contribution >= 4 is 22.6 Å². The molecule has 0 bridgehead atoms. The molecular weight excluding hydrogens is 286 g/mol. The van der Waals surface area contributed by atoms with E-state index in [1.54, 1.807) is 12.1 Å². The Morgan fingerprint density at radius 1 is 1.05 bits per heavy atom. The number of fused-ring (bicyclic) bond motifs is 1. The Balaban J connectivity index is 2.31. The lowest BCUT2D eigenvalue weighted by Gasteiger charge is -2.06. The molecule has 0 aliphatic carbocycles. The summed E-state index contributed by atoms with van der Waals surface area (Å²) in [5, 5.41) is 14.3. The van der Waals surface area contributed by atoms with Crippen LogP contribution in [0.2, 0.25) is 5.02 Å². The Morgan fingerprint density at radius 3 is 2.43 bits per heavy atom. The van der Waals surface area contributed by atoms with Crippen LogP contribution in [0.1, 0.15) is 11.1 Å². The first-order valence-corrected chi connectivity index (χ1v) is 6.95. The molecule has 21 heavy (non-hydrogen) atoms. The van der Waals surface area contributed by atoms with E-state index in [0.29, 0.717) is 27.1 Å². The molecule has 1 N–H and O–H groups in total. The van der Waals surface area contributed by atoms with Crippen LogP contribution in [0, 0.1) is 13.8 Å². The van der Waals surface area contributed by atoms with E-state index in [0.717, 1.165) is 11.1 Å². The van der Waals surface area contributed by atoms with Crippen LogP contribution in [0.4, 0.5) is 0 Å². The van der Waals surface area contributed by atoms with Crippen molar-refractivity contribution in [2.75, 3.05) is 0 Å². The van der Waals surface area contributed by atoms with Crippen molar-refractivity contribution in [3.05, 3.63) is 64.0 Å². The predicted octanol–water partition coefficient (Wildman–Crippen LogP) is 4.66. The quantitative estimate of drug-likeness (QED) is 0.524. The third-order valence-corrected chi connectivity index (χ3v) is 3.88. The molecule has 0 saturated carbocycles. The molecule has 0 aliphatic heterocycles. The predicted molar refractivity (Wildman–Crippen MR) is 83.5 cm³/mol. The molecule has 0 unspecified atom stereocenters. The van der Waals surface area contributed by atoms with Gasteiger partial charge in [0.2, 0.25) is 0 Å². The van der Waals surface area contributed by atoms with Crippen molar-refractivity contribution < 1.29 is 9.62 Å². The molecular formula is C17H14ClNO2. The zero-order valence-corrected chi connectivity index (χ0v) is 12.5. The third kappa shape index (κ3) is 2.52. The number of aryl methyl sites for hydroxylation is 2. The monoisotopic (exact) mass is 299 g/mol. The second-order valence-corrected chi connectivity index (χ2v) is 5.47. The van der Waals surface area contributed by atoms with E-state index in [9.17, 15) is 5.21 Å². The average Bonchev–Trinajstić information content (AvgIpc) is 2.48. The van der Waals surface area contributed by atoms with Crippen LogP contribution < -0.4 is 5.36 Å². The largest absolute Gasteiger partial charge is 0.456 e. The van der Waals surface area contributed by atoms with Gasteiger partial charge in [-0.05, 0) is 31.5 Å². The van der Waals surface area contributed by atoms with Gasteiger partial charge >= 0.3 is 0 Å². The topological polar surface area (TPSA) is 45.7 Å². The van der Waals surface area contributed by atoms with E-state index in [-0.39, 0.29) is 0 Å². The molecule has 4 heteroatoms. The Bertz CT molecular complexity index is 880. The van der Waals surface area contributed by atoms with Gasteiger partial charge in [-0.3, -0.25) is 0 Å². The number of nitrogens with zero attached hydrogens (tertiary/aromatic N) is 1. The Morgan fingerprint density at radius 2 is 1.76 bits per heavy atom. The maximum Gasteiger partial charge on any atom is 0.137 e. The highest BCUT2D eigenvalue weighted by Crippen LogP contribution is 2.26. The molecule has 3 aromatic rings. The van der Waals surface area contributed by atoms with Crippen molar-refractivity contribution in [1.82, 2.24) is 0 Å². The zero-order valence-electron chi connectivity index (χ0n) is 11.7. The summed E-state index contributed by atoms with van der Waals surface area (Å²) < 4.78 is 5.94. The number of hydrogen-bond donors (Lipinski definition) is 1. The van der Waals surface area contributed by atoms with Gasteiger partial charge in [-0.15, -0.1) is 0 Å². The first kappa shape index (κ1) is 13.7. The summed E-state index contributed by atoms with van der Waals surface area (Å²) in [5.41, 5.74) is 3.66. The van der Waals surface area contributed by atoms with Gasteiger partial charge in [0.15, 0.2) is 0 Å². The standard InChI is InChI=1S/C17H14ClNO2/c1-10-3-5-12(6-4-10)16-9-15(19-20)13-8-14(18)11(2)7-17(13)21-16/h3-9,20H,1-2H3/b19-15-. The van der Waals surface area contributed by atoms with E-state index >= 15 is 0 Å². The maximum absolute atomic E-state index is 9.25. The first-order chi connectivity index (χ1) is 10.1. The van der Waals surface area contributed by atoms with Gasteiger partial charge < -0.3 is 9.62 Å². The average molecular weight is 300 g/mol. The molecule has 1 aromatic heterocycles. The molecule has 0 saturated heterocycles. The van der Waals surface area contributed by atoms with Crippen LogP contribution in [0.5, 0.6) is 0 Å². The molecule has 0 atom stereocenters. The number of hydrogen-bond acceptors (Lipinski definition) is 3. The Kier molecular flexibility index (Phi) is 3.43. The van der Waals surface area contributed by atoms with Crippen LogP contribution >= 0.6 is 11.6 Å². The first-order valence-electron chi connectivity index (χ1n) is 6.57. The summed E-state index contributed by atoms with van der Waals surface area (Å²) in [7, 11) is 0. The molecule has 106 valence electrons.